The molecule has 2 heterocycles. The standard InChI is InChI=1S/C25H29N3O5/c1-32-22-13-19-12-20(25(30)21(19)14-23(22)33-2)11-17-5-9-28(10-6-17)24(29)16-27-7-3-18(4-8-27)15-26-31/h3-4,7-8,13-15,17,20H,5-6,9-12,16H2,1-2H3/p+1. The van der Waals surface area contributed by atoms with Crippen molar-refractivity contribution in [2.24, 2.45) is 17.0 Å². The fourth-order valence-electron chi connectivity index (χ4n) is 4.89. The number of oxime groups is 1. The predicted octanol–water partition coefficient (Wildman–Crippen LogP) is 2.48. The van der Waals surface area contributed by atoms with Gasteiger partial charge in [-0.25, -0.2) is 0 Å². The maximum atomic E-state index is 13.0. The van der Waals surface area contributed by atoms with Gasteiger partial charge in [0.05, 0.1) is 20.4 Å². The average Bonchev–Trinajstić information content (AvgIpc) is 3.14. The van der Waals surface area contributed by atoms with E-state index < -0.39 is 0 Å². The van der Waals surface area contributed by atoms with Crippen LogP contribution in [0.25, 0.3) is 0 Å². The van der Waals surface area contributed by atoms with Crippen molar-refractivity contribution in [2.75, 3.05) is 27.3 Å². The molecule has 1 aliphatic heterocycles. The molecule has 33 heavy (non-hydrogen) atoms. The Hall–Kier alpha value is -3.42. The zero-order chi connectivity index (χ0) is 23.4. The SMILES string of the molecule is COc1cc2c(cc1OC)C(=O)C(CC1CCN(C(=O)C[n+]3ccc(/C=N/O)cc3)CC1)C2. The van der Waals surface area contributed by atoms with Crippen LogP contribution in [0.2, 0.25) is 0 Å². The topological polar surface area (TPSA) is 92.3 Å². The minimum Gasteiger partial charge on any atom is -0.493 e. The number of hydrogen-bond donors (Lipinski definition) is 1. The minimum absolute atomic E-state index is 0.0133. The lowest BCUT2D eigenvalue weighted by molar-refractivity contribution is -0.685. The first-order valence-electron chi connectivity index (χ1n) is 11.3. The zero-order valence-corrected chi connectivity index (χ0v) is 19.1. The van der Waals surface area contributed by atoms with Crippen molar-refractivity contribution < 1.29 is 28.8 Å². The van der Waals surface area contributed by atoms with Crippen LogP contribution in [0.4, 0.5) is 0 Å². The number of carbonyl (C=O) groups excluding carboxylic acids is 2. The first kappa shape index (κ1) is 22.8. The van der Waals surface area contributed by atoms with Gasteiger partial charge in [0.25, 0.3) is 5.91 Å². The lowest BCUT2D eigenvalue weighted by Gasteiger charge is -2.32. The Balaban J connectivity index is 1.29. The maximum absolute atomic E-state index is 13.0. The monoisotopic (exact) mass is 452 g/mol. The van der Waals surface area contributed by atoms with Crippen LogP contribution >= 0.6 is 0 Å². The minimum atomic E-state index is -0.0133. The lowest BCUT2D eigenvalue weighted by Crippen LogP contribution is -2.47. The van der Waals surface area contributed by atoms with Crippen LogP contribution < -0.4 is 14.0 Å². The third-order valence-corrected chi connectivity index (χ3v) is 6.74. The van der Waals surface area contributed by atoms with Crippen molar-refractivity contribution in [3.8, 4) is 11.5 Å². The molecule has 1 atom stereocenters. The van der Waals surface area contributed by atoms with Gasteiger partial charge in [-0.2, -0.15) is 4.57 Å². The van der Waals surface area contributed by atoms with Crippen molar-refractivity contribution >= 4 is 17.9 Å². The number of benzene rings is 1. The number of aromatic nitrogens is 1. The van der Waals surface area contributed by atoms with E-state index in [4.69, 9.17) is 14.7 Å². The number of hydrogen-bond acceptors (Lipinski definition) is 6. The van der Waals surface area contributed by atoms with Gasteiger partial charge in [0, 0.05) is 42.3 Å². The average molecular weight is 453 g/mol. The molecule has 0 bridgehead atoms. The van der Waals surface area contributed by atoms with E-state index in [2.05, 4.69) is 5.16 Å². The predicted molar refractivity (Wildman–Crippen MR) is 121 cm³/mol. The van der Waals surface area contributed by atoms with Crippen molar-refractivity contribution in [3.05, 3.63) is 53.3 Å². The summed E-state index contributed by atoms with van der Waals surface area (Å²) in [4.78, 5) is 27.6. The molecular weight excluding hydrogens is 422 g/mol. The second kappa shape index (κ2) is 10.0. The van der Waals surface area contributed by atoms with Gasteiger partial charge in [0.15, 0.2) is 29.7 Å². The zero-order valence-electron chi connectivity index (χ0n) is 19.1. The number of amides is 1. The van der Waals surface area contributed by atoms with E-state index in [1.165, 1.54) is 6.21 Å². The molecule has 174 valence electrons. The van der Waals surface area contributed by atoms with E-state index in [9.17, 15) is 9.59 Å². The quantitative estimate of drug-likeness (QED) is 0.302. The largest absolute Gasteiger partial charge is 0.493 e. The van der Waals surface area contributed by atoms with Crippen LogP contribution in [-0.2, 0) is 17.8 Å². The first-order chi connectivity index (χ1) is 16.0. The fraction of sp³-hybridized carbons (Fsp3) is 0.440. The molecule has 2 aliphatic rings. The highest BCUT2D eigenvalue weighted by Crippen LogP contribution is 2.39. The maximum Gasteiger partial charge on any atom is 0.288 e. The summed E-state index contributed by atoms with van der Waals surface area (Å²) < 4.78 is 12.6. The molecule has 1 aromatic carbocycles. The number of methoxy groups -OCH3 is 2. The summed E-state index contributed by atoms with van der Waals surface area (Å²) in [5.74, 6) is 1.95. The normalized spacial score (nSPS) is 18.5. The molecular formula is C25H30N3O5+. The number of ketones is 1. The van der Waals surface area contributed by atoms with Crippen LogP contribution in [-0.4, -0.2) is 55.3 Å². The molecule has 1 aromatic heterocycles. The number of piperidine rings is 1. The van der Waals surface area contributed by atoms with Gasteiger partial charge in [-0.3, -0.25) is 9.59 Å². The van der Waals surface area contributed by atoms with Gasteiger partial charge >= 0.3 is 0 Å². The molecule has 0 spiro atoms. The molecule has 1 aliphatic carbocycles. The van der Waals surface area contributed by atoms with Gasteiger partial charge in [-0.15, -0.1) is 0 Å². The Labute approximate surface area is 193 Å². The third-order valence-electron chi connectivity index (χ3n) is 6.74. The Morgan fingerprint density at radius 3 is 2.48 bits per heavy atom. The highest BCUT2D eigenvalue weighted by atomic mass is 16.5. The number of carbonyl (C=O) groups is 2. The number of pyridine rings is 1. The molecule has 8 heteroatoms. The second-order valence-corrected chi connectivity index (χ2v) is 8.74. The van der Waals surface area contributed by atoms with E-state index in [1.807, 2.05) is 15.5 Å². The molecule has 0 radical (unpaired) electrons. The molecule has 1 saturated heterocycles. The number of fused-ring (bicyclic) bond motifs is 1. The third kappa shape index (κ3) is 4.99. The van der Waals surface area contributed by atoms with E-state index in [0.717, 1.165) is 55.5 Å². The number of rotatable bonds is 7. The molecule has 0 saturated carbocycles. The highest BCUT2D eigenvalue weighted by Gasteiger charge is 2.35. The van der Waals surface area contributed by atoms with Crippen LogP contribution in [0.3, 0.4) is 0 Å². The summed E-state index contributed by atoms with van der Waals surface area (Å²) in [5, 5.41) is 11.6. The van der Waals surface area contributed by atoms with Crippen LogP contribution in [0.1, 0.15) is 40.7 Å². The molecule has 8 nitrogen and oxygen atoms in total. The van der Waals surface area contributed by atoms with E-state index in [0.29, 0.717) is 17.4 Å². The van der Waals surface area contributed by atoms with E-state index >= 15 is 0 Å². The van der Waals surface area contributed by atoms with Gasteiger partial charge in [-0.05, 0) is 49.3 Å². The molecule has 2 aromatic rings. The Morgan fingerprint density at radius 1 is 1.18 bits per heavy atom. The Bertz CT molecular complexity index is 1040. The van der Waals surface area contributed by atoms with Gasteiger partial charge < -0.3 is 19.6 Å². The molecule has 4 rings (SSSR count). The summed E-state index contributed by atoms with van der Waals surface area (Å²) >= 11 is 0. The van der Waals surface area contributed by atoms with E-state index in [-0.39, 0.29) is 24.2 Å². The number of ether oxygens (including phenoxy) is 2. The number of likely N-dealkylation sites (tertiary alicyclic amines) is 1. The number of nitrogens with zero attached hydrogens (tertiary/aromatic N) is 3. The summed E-state index contributed by atoms with van der Waals surface area (Å²) in [5.41, 5.74) is 2.55. The molecule has 1 fully saturated rings. The smallest absolute Gasteiger partial charge is 0.288 e. The lowest BCUT2D eigenvalue weighted by atomic mass is 9.85. The van der Waals surface area contributed by atoms with Crippen molar-refractivity contribution in [1.82, 2.24) is 4.90 Å². The number of Topliss-reactive ketones (excluding diaryl/α,β-unsaturated/α-hetero) is 1. The van der Waals surface area contributed by atoms with Crippen LogP contribution in [0.15, 0.2) is 41.8 Å². The summed E-state index contributed by atoms with van der Waals surface area (Å²) in [6, 6.07) is 7.31. The van der Waals surface area contributed by atoms with Crippen LogP contribution in [0.5, 0.6) is 11.5 Å². The van der Waals surface area contributed by atoms with Gasteiger partial charge in [0.2, 0.25) is 6.54 Å². The molecule has 1 unspecified atom stereocenters. The second-order valence-electron chi connectivity index (χ2n) is 8.74. The molecule has 1 N–H and O–H groups in total. The Morgan fingerprint density at radius 2 is 1.85 bits per heavy atom. The summed E-state index contributed by atoms with van der Waals surface area (Å²) in [7, 11) is 3.18. The van der Waals surface area contributed by atoms with Crippen molar-refractivity contribution in [3.63, 3.8) is 0 Å². The first-order valence-corrected chi connectivity index (χ1v) is 11.3. The molecule has 1 amide bonds. The van der Waals surface area contributed by atoms with Crippen molar-refractivity contribution in [1.29, 1.82) is 0 Å². The van der Waals surface area contributed by atoms with Crippen molar-refractivity contribution in [2.45, 2.75) is 32.2 Å². The van der Waals surface area contributed by atoms with Gasteiger partial charge in [0.1, 0.15) is 0 Å². The van der Waals surface area contributed by atoms with E-state index in [1.54, 1.807) is 44.8 Å². The fourth-order valence-corrected chi connectivity index (χ4v) is 4.89. The Kier molecular flexibility index (Phi) is 6.91. The summed E-state index contributed by atoms with van der Waals surface area (Å²) in [6.07, 6.45) is 8.36. The summed E-state index contributed by atoms with van der Waals surface area (Å²) in [6.45, 7) is 1.71. The van der Waals surface area contributed by atoms with Gasteiger partial charge in [-0.1, -0.05) is 5.16 Å². The highest BCUT2D eigenvalue weighted by molar-refractivity contribution is 6.02. The van der Waals surface area contributed by atoms with Crippen LogP contribution in [0, 0.1) is 11.8 Å².